The average Bonchev–Trinajstić information content (AvgIpc) is 2.60. The molecule has 0 aliphatic heterocycles. The molecule has 0 saturated heterocycles. The Morgan fingerprint density at radius 2 is 2.00 bits per heavy atom. The zero-order chi connectivity index (χ0) is 15.3. The van der Waals surface area contributed by atoms with Gasteiger partial charge < -0.3 is 5.73 Å². The highest BCUT2D eigenvalue weighted by atomic mass is 35.5. The largest absolute Gasteiger partial charge is 0.367 e. The number of rotatable bonds is 2. The predicted octanol–water partition coefficient (Wildman–Crippen LogP) is 2.68. The Morgan fingerprint density at radius 1 is 1.40 bits per heavy atom. The van der Waals surface area contributed by atoms with E-state index in [4.69, 9.17) is 22.6 Å². The van der Waals surface area contributed by atoms with Gasteiger partial charge in [0.25, 0.3) is 5.92 Å². The third-order valence-corrected chi connectivity index (χ3v) is 3.41. The molecule has 1 unspecified atom stereocenters. The summed E-state index contributed by atoms with van der Waals surface area (Å²) in [7, 11) is 0. The lowest BCUT2D eigenvalue weighted by molar-refractivity contribution is -0.122. The van der Waals surface area contributed by atoms with Crippen molar-refractivity contribution in [1.29, 1.82) is 5.26 Å². The van der Waals surface area contributed by atoms with Crippen molar-refractivity contribution in [3.63, 3.8) is 0 Å². The van der Waals surface area contributed by atoms with Gasteiger partial charge >= 0.3 is 0 Å². The van der Waals surface area contributed by atoms with Crippen LogP contribution in [0.3, 0.4) is 0 Å². The summed E-state index contributed by atoms with van der Waals surface area (Å²) < 4.78 is 42.4. The second-order valence-electron chi connectivity index (χ2n) is 4.45. The number of nitrogen functional groups attached to an aromatic ring is 1. The molecular weight excluding hydrogens is 295 g/mol. The minimum absolute atomic E-state index is 0.0283. The Labute approximate surface area is 116 Å². The van der Waals surface area contributed by atoms with Crippen LogP contribution in [0.15, 0.2) is 6.20 Å². The van der Waals surface area contributed by atoms with E-state index in [1.54, 1.807) is 6.07 Å². The normalized spacial score (nSPS) is 15.1. The van der Waals surface area contributed by atoms with Gasteiger partial charge in [-0.25, -0.2) is 22.7 Å². The number of fused-ring (bicyclic) bond motifs is 1. The van der Waals surface area contributed by atoms with Crippen molar-refractivity contribution in [3.8, 4) is 6.07 Å². The SMILES string of the molecule is CC(F)(F)C(C)(F)c1c(C#N)c(Cl)c2cnc(N)nn12. The molecule has 9 heteroatoms. The summed E-state index contributed by atoms with van der Waals surface area (Å²) in [6, 6.07) is 1.62. The summed E-state index contributed by atoms with van der Waals surface area (Å²) in [6.07, 6.45) is 1.14. The maximum Gasteiger partial charge on any atom is 0.284 e. The molecule has 0 fully saturated rings. The van der Waals surface area contributed by atoms with Crippen molar-refractivity contribution >= 4 is 23.1 Å². The van der Waals surface area contributed by atoms with Crippen molar-refractivity contribution in [2.24, 2.45) is 0 Å². The number of alkyl halides is 3. The lowest BCUT2D eigenvalue weighted by atomic mass is 9.95. The molecule has 2 aromatic rings. The summed E-state index contributed by atoms with van der Waals surface area (Å²) in [5.41, 5.74) is 1.17. The fraction of sp³-hybridized carbons (Fsp3) is 0.364. The highest BCUT2D eigenvalue weighted by Gasteiger charge is 2.52. The number of nitrogens with two attached hydrogens (primary N) is 1. The van der Waals surface area contributed by atoms with Crippen LogP contribution >= 0.6 is 11.6 Å². The molecule has 2 rings (SSSR count). The van der Waals surface area contributed by atoms with Gasteiger partial charge in [0.2, 0.25) is 11.6 Å². The minimum Gasteiger partial charge on any atom is -0.367 e. The van der Waals surface area contributed by atoms with Gasteiger partial charge in [0.05, 0.1) is 16.8 Å². The van der Waals surface area contributed by atoms with Gasteiger partial charge in [-0.3, -0.25) is 0 Å². The van der Waals surface area contributed by atoms with Crippen LogP contribution in [0.1, 0.15) is 25.1 Å². The highest BCUT2D eigenvalue weighted by Crippen LogP contribution is 2.44. The molecule has 0 aromatic carbocycles. The first-order valence-electron chi connectivity index (χ1n) is 5.41. The fourth-order valence-electron chi connectivity index (χ4n) is 1.77. The van der Waals surface area contributed by atoms with Crippen molar-refractivity contribution in [2.45, 2.75) is 25.4 Å². The Kier molecular flexibility index (Phi) is 3.06. The van der Waals surface area contributed by atoms with Crippen LogP contribution in [-0.4, -0.2) is 20.5 Å². The number of hydrogen-bond acceptors (Lipinski definition) is 4. The summed E-state index contributed by atoms with van der Waals surface area (Å²) in [4.78, 5) is 3.64. The van der Waals surface area contributed by atoms with Crippen LogP contribution in [0.5, 0.6) is 0 Å². The molecule has 0 aliphatic rings. The first-order chi connectivity index (χ1) is 9.11. The zero-order valence-corrected chi connectivity index (χ0v) is 11.2. The predicted molar refractivity (Wildman–Crippen MR) is 66.2 cm³/mol. The molecule has 106 valence electrons. The topological polar surface area (TPSA) is 80.0 Å². The molecule has 0 spiro atoms. The van der Waals surface area contributed by atoms with E-state index in [1.165, 1.54) is 0 Å². The third-order valence-electron chi connectivity index (χ3n) is 3.02. The Morgan fingerprint density at radius 3 is 2.50 bits per heavy atom. The molecule has 2 aromatic heterocycles. The molecular formula is C11H9ClF3N5. The molecule has 20 heavy (non-hydrogen) atoms. The average molecular weight is 304 g/mol. The molecule has 0 aliphatic carbocycles. The standard InChI is InChI=1S/C11H9ClF3N5/c1-10(13,11(2,14)15)8-5(3-16)7(12)6-4-18-9(17)19-20(6)8/h4H,1-2H3,(H2,17,19). The van der Waals surface area contributed by atoms with E-state index >= 15 is 0 Å². The summed E-state index contributed by atoms with van der Waals surface area (Å²) in [6.45, 7) is 1.07. The lowest BCUT2D eigenvalue weighted by Crippen LogP contribution is -2.38. The number of aromatic nitrogens is 3. The van der Waals surface area contributed by atoms with Crippen LogP contribution in [-0.2, 0) is 5.67 Å². The second kappa shape index (κ2) is 4.24. The van der Waals surface area contributed by atoms with Gasteiger partial charge in [-0.2, -0.15) is 5.26 Å². The summed E-state index contributed by atoms with van der Waals surface area (Å²) in [5, 5.41) is 12.5. The van der Waals surface area contributed by atoms with E-state index in [1.807, 2.05) is 0 Å². The number of hydrogen-bond donors (Lipinski definition) is 1. The summed E-state index contributed by atoms with van der Waals surface area (Å²) in [5.74, 6) is -4.01. The molecule has 0 bridgehead atoms. The van der Waals surface area contributed by atoms with Gasteiger partial charge in [-0.1, -0.05) is 11.6 Å². The number of nitrogens with zero attached hydrogens (tertiary/aromatic N) is 4. The maximum absolute atomic E-state index is 14.6. The van der Waals surface area contributed by atoms with E-state index in [-0.39, 0.29) is 16.5 Å². The minimum atomic E-state index is -3.75. The fourth-order valence-corrected chi connectivity index (χ4v) is 2.03. The van der Waals surface area contributed by atoms with Crippen LogP contribution in [0.25, 0.3) is 5.52 Å². The van der Waals surface area contributed by atoms with E-state index in [0.29, 0.717) is 13.8 Å². The van der Waals surface area contributed by atoms with E-state index in [2.05, 4.69) is 10.1 Å². The zero-order valence-electron chi connectivity index (χ0n) is 10.5. The molecule has 2 heterocycles. The quantitative estimate of drug-likeness (QED) is 0.925. The van der Waals surface area contributed by atoms with Crippen molar-refractivity contribution in [2.75, 3.05) is 5.73 Å². The van der Waals surface area contributed by atoms with E-state index in [0.717, 1.165) is 10.7 Å². The highest BCUT2D eigenvalue weighted by molar-refractivity contribution is 6.35. The molecule has 5 nitrogen and oxygen atoms in total. The van der Waals surface area contributed by atoms with Crippen LogP contribution in [0.2, 0.25) is 5.02 Å². The molecule has 0 radical (unpaired) electrons. The monoisotopic (exact) mass is 303 g/mol. The number of nitriles is 1. The van der Waals surface area contributed by atoms with Crippen molar-refractivity contribution < 1.29 is 13.2 Å². The molecule has 0 amide bonds. The first-order valence-corrected chi connectivity index (χ1v) is 5.79. The summed E-state index contributed by atoms with van der Waals surface area (Å²) >= 11 is 5.90. The lowest BCUT2D eigenvalue weighted by Gasteiger charge is -2.27. The van der Waals surface area contributed by atoms with Gasteiger partial charge in [-0.15, -0.1) is 5.10 Å². The Balaban J connectivity index is 2.95. The van der Waals surface area contributed by atoms with Crippen molar-refractivity contribution in [3.05, 3.63) is 22.5 Å². The molecule has 0 saturated carbocycles. The van der Waals surface area contributed by atoms with Crippen LogP contribution in [0, 0.1) is 11.3 Å². The van der Waals surface area contributed by atoms with Gasteiger partial charge in [0, 0.05) is 6.92 Å². The smallest absolute Gasteiger partial charge is 0.284 e. The third kappa shape index (κ3) is 1.86. The second-order valence-corrected chi connectivity index (χ2v) is 4.83. The van der Waals surface area contributed by atoms with Gasteiger partial charge in [-0.05, 0) is 6.92 Å². The number of anilines is 1. The van der Waals surface area contributed by atoms with Gasteiger partial charge in [0.15, 0.2) is 0 Å². The van der Waals surface area contributed by atoms with Crippen LogP contribution in [0.4, 0.5) is 19.1 Å². The Hall–Kier alpha value is -2.01. The Bertz CT molecular complexity index is 726. The van der Waals surface area contributed by atoms with E-state index < -0.39 is 22.8 Å². The first kappa shape index (κ1) is 14.4. The van der Waals surface area contributed by atoms with Crippen molar-refractivity contribution in [1.82, 2.24) is 14.6 Å². The van der Waals surface area contributed by atoms with Crippen LogP contribution < -0.4 is 5.73 Å². The molecule has 1 atom stereocenters. The van der Waals surface area contributed by atoms with E-state index in [9.17, 15) is 13.2 Å². The number of halogens is 4. The molecule has 2 N–H and O–H groups in total. The maximum atomic E-state index is 14.6. The van der Waals surface area contributed by atoms with Gasteiger partial charge in [0.1, 0.15) is 17.3 Å².